The van der Waals surface area contributed by atoms with E-state index in [1.165, 1.54) is 13.3 Å². The molecular weight excluding hydrogens is 372 g/mol. The number of methoxy groups -OCH3 is 1. The minimum absolute atomic E-state index is 0.0197. The van der Waals surface area contributed by atoms with E-state index in [0.29, 0.717) is 29.9 Å². The molecule has 0 bridgehead atoms. The zero-order valence-corrected chi connectivity index (χ0v) is 16.6. The maximum atomic E-state index is 12.4. The van der Waals surface area contributed by atoms with Gasteiger partial charge in [0.05, 0.1) is 18.5 Å². The maximum Gasteiger partial charge on any atom is 0.359 e. The van der Waals surface area contributed by atoms with Crippen molar-refractivity contribution in [3.8, 4) is 23.2 Å². The molecule has 0 radical (unpaired) electrons. The van der Waals surface area contributed by atoms with Gasteiger partial charge in [0.2, 0.25) is 5.60 Å². The summed E-state index contributed by atoms with van der Waals surface area (Å²) in [5.41, 5.74) is 6.17. The molecule has 3 rings (SSSR count). The average molecular weight is 394 g/mol. The molecule has 0 aliphatic carbocycles. The summed E-state index contributed by atoms with van der Waals surface area (Å²) >= 11 is 0. The van der Waals surface area contributed by atoms with Crippen LogP contribution < -0.4 is 5.73 Å². The number of likely N-dealkylation sites (tertiary alicyclic amines) is 1. The number of nitrogens with two attached hydrogens (primary N) is 1. The summed E-state index contributed by atoms with van der Waals surface area (Å²) in [7, 11) is 3.21. The second kappa shape index (κ2) is 8.29. The molecule has 1 aromatic heterocycles. The van der Waals surface area contributed by atoms with Crippen molar-refractivity contribution in [2.24, 2.45) is 0 Å². The number of rotatable bonds is 4. The van der Waals surface area contributed by atoms with Crippen LogP contribution in [0.3, 0.4) is 0 Å². The Hall–Kier alpha value is -3.44. The smallest absolute Gasteiger partial charge is 0.359 e. The summed E-state index contributed by atoms with van der Waals surface area (Å²) in [6, 6.07) is 7.18. The van der Waals surface area contributed by atoms with E-state index in [0.717, 1.165) is 0 Å². The molecule has 2 N–H and O–H groups in total. The van der Waals surface area contributed by atoms with E-state index in [1.54, 1.807) is 37.1 Å². The molecule has 150 valence electrons. The summed E-state index contributed by atoms with van der Waals surface area (Å²) in [4.78, 5) is 34.5. The van der Waals surface area contributed by atoms with Crippen LogP contribution in [0.1, 0.15) is 29.4 Å². The fourth-order valence-corrected chi connectivity index (χ4v) is 3.00. The zero-order chi connectivity index (χ0) is 21.0. The van der Waals surface area contributed by atoms with Crippen molar-refractivity contribution in [3.05, 3.63) is 41.7 Å². The lowest BCUT2D eigenvalue weighted by Crippen LogP contribution is -2.39. The third-order valence-electron chi connectivity index (χ3n) is 4.66. The molecule has 1 fully saturated rings. The van der Waals surface area contributed by atoms with Gasteiger partial charge in [-0.05, 0) is 19.1 Å². The summed E-state index contributed by atoms with van der Waals surface area (Å²) in [5, 5.41) is 0. The number of hydrogen-bond acceptors (Lipinski definition) is 7. The molecule has 2 heterocycles. The highest BCUT2D eigenvalue weighted by molar-refractivity contribution is 5.93. The number of nitrogens with zero attached hydrogens (tertiary/aromatic N) is 3. The van der Waals surface area contributed by atoms with E-state index in [2.05, 4.69) is 21.8 Å². The molecule has 1 unspecified atom stereocenters. The molecule has 0 saturated carbocycles. The van der Waals surface area contributed by atoms with Crippen LogP contribution in [0.4, 0.5) is 5.69 Å². The second-order valence-corrected chi connectivity index (χ2v) is 6.56. The van der Waals surface area contributed by atoms with E-state index in [1.807, 2.05) is 6.07 Å². The largest absolute Gasteiger partial charge is 0.461 e. The van der Waals surface area contributed by atoms with Crippen molar-refractivity contribution in [1.29, 1.82) is 0 Å². The van der Waals surface area contributed by atoms with Gasteiger partial charge in [-0.2, -0.15) is 0 Å². The molecule has 8 nitrogen and oxygen atoms in total. The number of aromatic nitrogens is 2. The minimum atomic E-state index is -1.13. The second-order valence-electron chi connectivity index (χ2n) is 6.56. The number of amides is 1. The van der Waals surface area contributed by atoms with E-state index in [-0.39, 0.29) is 23.9 Å². The van der Waals surface area contributed by atoms with Gasteiger partial charge in [-0.25, -0.2) is 14.8 Å². The monoisotopic (exact) mass is 394 g/mol. The topological polar surface area (TPSA) is 108 Å². The minimum Gasteiger partial charge on any atom is -0.461 e. The Kier molecular flexibility index (Phi) is 5.80. The van der Waals surface area contributed by atoms with Crippen molar-refractivity contribution in [3.63, 3.8) is 0 Å². The van der Waals surface area contributed by atoms with Crippen LogP contribution in [-0.2, 0) is 14.3 Å². The summed E-state index contributed by atoms with van der Waals surface area (Å²) < 4.78 is 10.4. The van der Waals surface area contributed by atoms with Crippen LogP contribution in [0.2, 0.25) is 0 Å². The summed E-state index contributed by atoms with van der Waals surface area (Å²) in [6.07, 6.45) is 1.88. The Morgan fingerprint density at radius 1 is 1.41 bits per heavy atom. The van der Waals surface area contributed by atoms with Gasteiger partial charge in [-0.15, -0.1) is 0 Å². The van der Waals surface area contributed by atoms with Gasteiger partial charge in [0.25, 0.3) is 5.91 Å². The first kappa shape index (κ1) is 20.3. The summed E-state index contributed by atoms with van der Waals surface area (Å²) in [6.45, 7) is 2.52. The molecular formula is C21H22N4O4. The van der Waals surface area contributed by atoms with Crippen molar-refractivity contribution in [1.82, 2.24) is 14.9 Å². The van der Waals surface area contributed by atoms with Gasteiger partial charge < -0.3 is 20.1 Å². The third-order valence-corrected chi connectivity index (χ3v) is 4.66. The van der Waals surface area contributed by atoms with Crippen LogP contribution in [0, 0.1) is 11.8 Å². The lowest BCUT2D eigenvalue weighted by atomic mass is 10.0. The zero-order valence-electron chi connectivity index (χ0n) is 16.6. The Labute approximate surface area is 169 Å². The lowest BCUT2D eigenvalue weighted by molar-refractivity contribution is -0.139. The van der Waals surface area contributed by atoms with Crippen molar-refractivity contribution >= 4 is 17.6 Å². The fraction of sp³-hybridized carbons (Fsp3) is 0.333. The number of hydrogen-bond donors (Lipinski definition) is 1. The van der Waals surface area contributed by atoms with Gasteiger partial charge in [-0.3, -0.25) is 4.79 Å². The van der Waals surface area contributed by atoms with Crippen LogP contribution in [0.5, 0.6) is 0 Å². The predicted octanol–water partition coefficient (Wildman–Crippen LogP) is 1.50. The Balaban J connectivity index is 1.93. The molecule has 1 amide bonds. The predicted molar refractivity (Wildman–Crippen MR) is 107 cm³/mol. The van der Waals surface area contributed by atoms with E-state index >= 15 is 0 Å². The SMILES string of the molecule is CCOC(=O)c1nc(-c2cccc(C#CC3(OC)CCN(C)C3=O)c2)ncc1N. The van der Waals surface area contributed by atoms with Crippen LogP contribution >= 0.6 is 0 Å². The van der Waals surface area contributed by atoms with Crippen LogP contribution in [-0.4, -0.2) is 59.7 Å². The van der Waals surface area contributed by atoms with Crippen molar-refractivity contribution in [2.75, 3.05) is 33.0 Å². The Bertz CT molecular complexity index is 1010. The fourth-order valence-electron chi connectivity index (χ4n) is 3.00. The quantitative estimate of drug-likeness (QED) is 0.618. The molecule has 1 aliphatic rings. The number of ether oxygens (including phenoxy) is 2. The standard InChI is InChI=1S/C21H22N4O4/c1-4-29-19(26)17-16(22)13-23-18(24-17)15-7-5-6-14(12-15)8-9-21(28-3)10-11-25(2)20(21)27/h5-7,12-13H,4,10-11,22H2,1-3H3. The lowest BCUT2D eigenvalue weighted by Gasteiger charge is -2.18. The third kappa shape index (κ3) is 4.05. The number of anilines is 1. The maximum absolute atomic E-state index is 12.4. The first-order valence-electron chi connectivity index (χ1n) is 9.14. The normalized spacial score (nSPS) is 18.3. The van der Waals surface area contributed by atoms with E-state index in [9.17, 15) is 9.59 Å². The molecule has 29 heavy (non-hydrogen) atoms. The van der Waals surface area contributed by atoms with Crippen LogP contribution in [0.25, 0.3) is 11.4 Å². The Morgan fingerprint density at radius 2 is 2.21 bits per heavy atom. The number of carbonyl (C=O) groups is 2. The highest BCUT2D eigenvalue weighted by atomic mass is 16.5. The van der Waals surface area contributed by atoms with Crippen molar-refractivity contribution < 1.29 is 19.1 Å². The molecule has 1 aromatic carbocycles. The summed E-state index contributed by atoms with van der Waals surface area (Å²) in [5.74, 6) is 5.56. The van der Waals surface area contributed by atoms with Gasteiger partial charge in [0, 0.05) is 38.2 Å². The first-order valence-corrected chi connectivity index (χ1v) is 9.14. The van der Waals surface area contributed by atoms with Gasteiger partial charge in [0.1, 0.15) is 0 Å². The Morgan fingerprint density at radius 3 is 2.86 bits per heavy atom. The number of nitrogen functional groups attached to an aromatic ring is 1. The number of carbonyl (C=O) groups excluding carboxylic acids is 2. The number of likely N-dealkylation sites (N-methyl/N-ethyl adjacent to an activating group) is 1. The van der Waals surface area contributed by atoms with Gasteiger partial charge >= 0.3 is 5.97 Å². The number of benzene rings is 1. The van der Waals surface area contributed by atoms with E-state index < -0.39 is 11.6 Å². The number of esters is 1. The average Bonchev–Trinajstić information content (AvgIpc) is 3.02. The molecule has 8 heteroatoms. The highest BCUT2D eigenvalue weighted by Crippen LogP contribution is 2.25. The molecule has 0 spiro atoms. The molecule has 1 saturated heterocycles. The van der Waals surface area contributed by atoms with Gasteiger partial charge in [-0.1, -0.05) is 24.0 Å². The highest BCUT2D eigenvalue weighted by Gasteiger charge is 2.44. The molecule has 1 atom stereocenters. The molecule has 1 aliphatic heterocycles. The van der Waals surface area contributed by atoms with Crippen LogP contribution in [0.15, 0.2) is 30.5 Å². The van der Waals surface area contributed by atoms with Crippen molar-refractivity contribution in [2.45, 2.75) is 18.9 Å². The molecule has 2 aromatic rings. The van der Waals surface area contributed by atoms with E-state index in [4.69, 9.17) is 15.2 Å². The van der Waals surface area contributed by atoms with Gasteiger partial charge in [0.15, 0.2) is 11.5 Å². The first-order chi connectivity index (χ1) is 13.9.